The maximum Gasteiger partial charge on any atom is 0.409 e. The molecule has 2 aromatic carbocycles. The molecule has 3 amide bonds. The van der Waals surface area contributed by atoms with Crippen molar-refractivity contribution in [3.05, 3.63) is 60.2 Å². The van der Waals surface area contributed by atoms with Gasteiger partial charge in [-0.25, -0.2) is 9.59 Å². The van der Waals surface area contributed by atoms with Gasteiger partial charge in [0.05, 0.1) is 6.61 Å². The Morgan fingerprint density at radius 3 is 2.21 bits per heavy atom. The fourth-order valence-corrected chi connectivity index (χ4v) is 3.26. The normalized spacial score (nSPS) is 13.7. The summed E-state index contributed by atoms with van der Waals surface area (Å²) in [6, 6.07) is 17.9. The van der Waals surface area contributed by atoms with E-state index in [0.717, 1.165) is 17.9 Å². The molecule has 0 saturated carbocycles. The smallest absolute Gasteiger partial charge is 0.409 e. The Balaban J connectivity index is 1.49. The van der Waals surface area contributed by atoms with E-state index in [-0.39, 0.29) is 12.1 Å². The van der Waals surface area contributed by atoms with E-state index in [1.165, 1.54) is 5.56 Å². The molecule has 0 atom stereocenters. The summed E-state index contributed by atoms with van der Waals surface area (Å²) in [7, 11) is 2.05. The molecule has 3 rings (SSSR count). The number of carbonyl (C=O) groups excluding carboxylic acids is 2. The molecular formula is C22H28N4O3. The number of nitrogens with zero attached hydrogens (tertiary/aromatic N) is 3. The van der Waals surface area contributed by atoms with E-state index in [1.807, 2.05) is 49.5 Å². The van der Waals surface area contributed by atoms with Crippen molar-refractivity contribution in [2.45, 2.75) is 13.5 Å². The Bertz CT molecular complexity index is 803. The summed E-state index contributed by atoms with van der Waals surface area (Å²) in [5, 5.41) is 2.93. The Hall–Kier alpha value is -3.22. The summed E-state index contributed by atoms with van der Waals surface area (Å²) in [6.45, 7) is 4.90. The number of anilines is 2. The van der Waals surface area contributed by atoms with Crippen molar-refractivity contribution in [2.75, 3.05) is 50.1 Å². The van der Waals surface area contributed by atoms with Crippen molar-refractivity contribution in [3.8, 4) is 0 Å². The summed E-state index contributed by atoms with van der Waals surface area (Å²) < 4.78 is 5.00. The van der Waals surface area contributed by atoms with Crippen molar-refractivity contribution in [3.63, 3.8) is 0 Å². The first-order valence-electron chi connectivity index (χ1n) is 9.89. The van der Waals surface area contributed by atoms with Crippen LogP contribution in [0.3, 0.4) is 0 Å². The first kappa shape index (κ1) is 20.5. The van der Waals surface area contributed by atoms with Crippen LogP contribution in [0.1, 0.15) is 12.5 Å². The number of carbonyl (C=O) groups is 2. The maximum atomic E-state index is 12.5. The van der Waals surface area contributed by atoms with Crippen molar-refractivity contribution in [1.82, 2.24) is 9.80 Å². The van der Waals surface area contributed by atoms with Crippen molar-refractivity contribution in [1.29, 1.82) is 0 Å². The van der Waals surface area contributed by atoms with Gasteiger partial charge in [0.1, 0.15) is 0 Å². The van der Waals surface area contributed by atoms with Crippen LogP contribution in [0.2, 0.25) is 0 Å². The molecule has 1 aliphatic rings. The minimum atomic E-state index is -0.317. The topological polar surface area (TPSA) is 65.1 Å². The van der Waals surface area contributed by atoms with Gasteiger partial charge in [-0.05, 0) is 36.8 Å². The SMILES string of the molecule is CCOC(=O)N1CCN(C(=O)Nc2ccc(N(C)Cc3ccccc3)cc2)CC1. The fraction of sp³-hybridized carbons (Fsp3) is 0.364. The lowest BCUT2D eigenvalue weighted by molar-refractivity contribution is 0.0868. The molecule has 0 aliphatic carbocycles. The van der Waals surface area contributed by atoms with Crippen LogP contribution in [0, 0.1) is 0 Å². The van der Waals surface area contributed by atoms with E-state index < -0.39 is 0 Å². The summed E-state index contributed by atoms with van der Waals surface area (Å²) in [6.07, 6.45) is -0.317. The van der Waals surface area contributed by atoms with Crippen LogP contribution in [-0.4, -0.2) is 61.8 Å². The van der Waals surface area contributed by atoms with Gasteiger partial charge in [0, 0.05) is 51.1 Å². The van der Waals surface area contributed by atoms with Gasteiger partial charge in [-0.3, -0.25) is 0 Å². The van der Waals surface area contributed by atoms with Crippen LogP contribution in [0.25, 0.3) is 0 Å². The van der Waals surface area contributed by atoms with Crippen molar-refractivity contribution < 1.29 is 14.3 Å². The van der Waals surface area contributed by atoms with Gasteiger partial charge in [0.15, 0.2) is 0 Å². The minimum absolute atomic E-state index is 0.154. The Kier molecular flexibility index (Phi) is 6.94. The maximum absolute atomic E-state index is 12.5. The molecule has 154 valence electrons. The molecule has 0 spiro atoms. The quantitative estimate of drug-likeness (QED) is 0.838. The number of hydrogen-bond donors (Lipinski definition) is 1. The summed E-state index contributed by atoms with van der Waals surface area (Å²) >= 11 is 0. The Morgan fingerprint density at radius 2 is 1.59 bits per heavy atom. The molecule has 1 fully saturated rings. The number of urea groups is 1. The van der Waals surface area contributed by atoms with Crippen LogP contribution in [0.4, 0.5) is 21.0 Å². The lowest BCUT2D eigenvalue weighted by atomic mass is 10.2. The number of amides is 3. The lowest BCUT2D eigenvalue weighted by Crippen LogP contribution is -2.51. The molecule has 2 aromatic rings. The fourth-order valence-electron chi connectivity index (χ4n) is 3.26. The van der Waals surface area contributed by atoms with Gasteiger partial charge in [0.2, 0.25) is 0 Å². The molecule has 7 nitrogen and oxygen atoms in total. The Labute approximate surface area is 171 Å². The number of ether oxygens (including phenoxy) is 1. The standard InChI is InChI=1S/C22H28N4O3/c1-3-29-22(28)26-15-13-25(14-16-26)21(27)23-19-9-11-20(12-10-19)24(2)17-18-7-5-4-6-8-18/h4-12H,3,13-17H2,1-2H3,(H,23,27). The molecule has 1 aliphatic heterocycles. The molecular weight excluding hydrogens is 368 g/mol. The highest BCUT2D eigenvalue weighted by atomic mass is 16.6. The van der Waals surface area contributed by atoms with E-state index >= 15 is 0 Å². The third kappa shape index (κ3) is 5.63. The minimum Gasteiger partial charge on any atom is -0.450 e. The molecule has 1 heterocycles. The largest absolute Gasteiger partial charge is 0.450 e. The third-order valence-corrected chi connectivity index (χ3v) is 4.91. The number of nitrogens with one attached hydrogen (secondary N) is 1. The van der Waals surface area contributed by atoms with E-state index in [2.05, 4.69) is 22.3 Å². The second-order valence-electron chi connectivity index (χ2n) is 6.99. The lowest BCUT2D eigenvalue weighted by Gasteiger charge is -2.34. The molecule has 7 heteroatoms. The van der Waals surface area contributed by atoms with E-state index in [4.69, 9.17) is 4.74 Å². The molecule has 0 radical (unpaired) electrons. The Morgan fingerprint density at radius 1 is 0.966 bits per heavy atom. The van der Waals surface area contributed by atoms with Gasteiger partial charge in [-0.2, -0.15) is 0 Å². The first-order valence-corrected chi connectivity index (χ1v) is 9.89. The van der Waals surface area contributed by atoms with Crippen LogP contribution < -0.4 is 10.2 Å². The zero-order chi connectivity index (χ0) is 20.6. The zero-order valence-electron chi connectivity index (χ0n) is 17.0. The highest BCUT2D eigenvalue weighted by Gasteiger charge is 2.24. The number of benzene rings is 2. The molecule has 29 heavy (non-hydrogen) atoms. The van der Waals surface area contributed by atoms with Gasteiger partial charge in [0.25, 0.3) is 0 Å². The third-order valence-electron chi connectivity index (χ3n) is 4.91. The second kappa shape index (κ2) is 9.82. The molecule has 0 aromatic heterocycles. The second-order valence-corrected chi connectivity index (χ2v) is 6.99. The molecule has 0 unspecified atom stereocenters. The average molecular weight is 396 g/mol. The first-order chi connectivity index (χ1) is 14.1. The van der Waals surface area contributed by atoms with Crippen LogP contribution in [0.15, 0.2) is 54.6 Å². The number of hydrogen-bond acceptors (Lipinski definition) is 4. The van der Waals surface area contributed by atoms with Crippen LogP contribution >= 0.6 is 0 Å². The highest BCUT2D eigenvalue weighted by Crippen LogP contribution is 2.19. The van der Waals surface area contributed by atoms with Crippen molar-refractivity contribution >= 4 is 23.5 Å². The van der Waals surface area contributed by atoms with E-state index in [9.17, 15) is 9.59 Å². The number of piperazine rings is 1. The predicted molar refractivity (Wildman–Crippen MR) is 114 cm³/mol. The highest BCUT2D eigenvalue weighted by molar-refractivity contribution is 5.89. The van der Waals surface area contributed by atoms with Crippen LogP contribution in [-0.2, 0) is 11.3 Å². The van der Waals surface area contributed by atoms with Gasteiger partial charge in [-0.15, -0.1) is 0 Å². The average Bonchev–Trinajstić information content (AvgIpc) is 2.75. The van der Waals surface area contributed by atoms with E-state index in [0.29, 0.717) is 32.8 Å². The molecule has 1 N–H and O–H groups in total. The summed E-state index contributed by atoms with van der Waals surface area (Å²) in [4.78, 5) is 29.8. The zero-order valence-corrected chi connectivity index (χ0v) is 17.0. The van der Waals surface area contributed by atoms with Gasteiger partial charge >= 0.3 is 12.1 Å². The summed E-state index contributed by atoms with van der Waals surface area (Å²) in [5.74, 6) is 0. The van der Waals surface area contributed by atoms with Crippen molar-refractivity contribution in [2.24, 2.45) is 0 Å². The number of rotatable bonds is 5. The molecule has 0 bridgehead atoms. The summed E-state index contributed by atoms with van der Waals surface area (Å²) in [5.41, 5.74) is 3.07. The monoisotopic (exact) mass is 396 g/mol. The molecule has 1 saturated heterocycles. The van der Waals surface area contributed by atoms with Crippen LogP contribution in [0.5, 0.6) is 0 Å². The predicted octanol–water partition coefficient (Wildman–Crippen LogP) is 3.63. The van der Waals surface area contributed by atoms with E-state index in [1.54, 1.807) is 16.7 Å². The van der Waals surface area contributed by atoms with Gasteiger partial charge in [-0.1, -0.05) is 30.3 Å². The van der Waals surface area contributed by atoms with Gasteiger partial charge < -0.3 is 24.8 Å².